The Morgan fingerprint density at radius 2 is 2.15 bits per heavy atom. The van der Waals surface area contributed by atoms with Gasteiger partial charge >= 0.3 is 0 Å². The lowest BCUT2D eigenvalue weighted by molar-refractivity contribution is 0.0179. The van der Waals surface area contributed by atoms with Gasteiger partial charge in [-0.25, -0.2) is 0 Å². The Morgan fingerprint density at radius 3 is 2.62 bits per heavy atom. The molecule has 1 aromatic heterocycles. The molecule has 13 heavy (non-hydrogen) atoms. The van der Waals surface area contributed by atoms with Crippen LogP contribution in [0.15, 0.2) is 18.6 Å². The SMILES string of the molecule is CCCC(O)(CC)c1cnccn1. The molecule has 0 fully saturated rings. The first-order valence-electron chi connectivity index (χ1n) is 4.72. The molecule has 1 heterocycles. The Balaban J connectivity index is 2.89. The van der Waals surface area contributed by atoms with Crippen molar-refractivity contribution in [3.63, 3.8) is 0 Å². The van der Waals surface area contributed by atoms with Crippen molar-refractivity contribution in [1.29, 1.82) is 0 Å². The van der Waals surface area contributed by atoms with Gasteiger partial charge in [-0.05, 0) is 12.8 Å². The molecule has 1 aromatic rings. The van der Waals surface area contributed by atoms with Gasteiger partial charge in [-0.15, -0.1) is 0 Å². The first kappa shape index (κ1) is 10.1. The van der Waals surface area contributed by atoms with Gasteiger partial charge in [0.15, 0.2) is 0 Å². The van der Waals surface area contributed by atoms with Crippen LogP contribution in [0.2, 0.25) is 0 Å². The van der Waals surface area contributed by atoms with E-state index in [-0.39, 0.29) is 0 Å². The molecule has 0 saturated heterocycles. The fourth-order valence-corrected chi connectivity index (χ4v) is 1.44. The molecule has 0 aliphatic carbocycles. The molecule has 0 radical (unpaired) electrons. The van der Waals surface area contributed by atoms with Crippen molar-refractivity contribution in [3.05, 3.63) is 24.3 Å². The highest BCUT2D eigenvalue weighted by Gasteiger charge is 2.27. The Bertz CT molecular complexity index is 250. The monoisotopic (exact) mass is 180 g/mol. The van der Waals surface area contributed by atoms with Crippen molar-refractivity contribution in [1.82, 2.24) is 9.97 Å². The Morgan fingerprint density at radius 1 is 1.38 bits per heavy atom. The molecular formula is C10H16N2O. The highest BCUT2D eigenvalue weighted by atomic mass is 16.3. The average Bonchev–Trinajstić information content (AvgIpc) is 2.19. The van der Waals surface area contributed by atoms with E-state index in [4.69, 9.17) is 0 Å². The van der Waals surface area contributed by atoms with Gasteiger partial charge in [-0.2, -0.15) is 0 Å². The van der Waals surface area contributed by atoms with Gasteiger partial charge in [0.25, 0.3) is 0 Å². The van der Waals surface area contributed by atoms with Crippen LogP contribution in [-0.2, 0) is 5.60 Å². The third-order valence-corrected chi connectivity index (χ3v) is 2.29. The lowest BCUT2D eigenvalue weighted by atomic mass is 9.92. The number of aromatic nitrogens is 2. The maximum Gasteiger partial charge on any atom is 0.108 e. The molecule has 0 bridgehead atoms. The minimum Gasteiger partial charge on any atom is -0.384 e. The minimum absolute atomic E-state index is 0.680. The number of hydrogen-bond acceptors (Lipinski definition) is 3. The van der Waals surface area contributed by atoms with Crippen LogP contribution in [-0.4, -0.2) is 15.1 Å². The van der Waals surface area contributed by atoms with Crippen molar-refractivity contribution in [2.45, 2.75) is 38.7 Å². The van der Waals surface area contributed by atoms with Crippen LogP contribution in [0.4, 0.5) is 0 Å². The van der Waals surface area contributed by atoms with Crippen LogP contribution in [0, 0.1) is 0 Å². The van der Waals surface area contributed by atoms with Gasteiger partial charge in [0, 0.05) is 12.4 Å². The smallest absolute Gasteiger partial charge is 0.108 e. The molecular weight excluding hydrogens is 164 g/mol. The number of rotatable bonds is 4. The summed E-state index contributed by atoms with van der Waals surface area (Å²) in [6.07, 6.45) is 7.24. The molecule has 3 nitrogen and oxygen atoms in total. The summed E-state index contributed by atoms with van der Waals surface area (Å²) in [6.45, 7) is 4.02. The maximum absolute atomic E-state index is 10.2. The lowest BCUT2D eigenvalue weighted by Crippen LogP contribution is -2.25. The largest absolute Gasteiger partial charge is 0.384 e. The second-order valence-electron chi connectivity index (χ2n) is 3.23. The fraction of sp³-hybridized carbons (Fsp3) is 0.600. The number of nitrogens with zero attached hydrogens (tertiary/aromatic N) is 2. The van der Waals surface area contributed by atoms with E-state index in [1.54, 1.807) is 18.6 Å². The Hall–Kier alpha value is -0.960. The van der Waals surface area contributed by atoms with Gasteiger partial charge < -0.3 is 5.11 Å². The third-order valence-electron chi connectivity index (χ3n) is 2.29. The van der Waals surface area contributed by atoms with E-state index in [1.165, 1.54) is 0 Å². The van der Waals surface area contributed by atoms with Gasteiger partial charge in [0.1, 0.15) is 5.60 Å². The zero-order valence-corrected chi connectivity index (χ0v) is 8.20. The Labute approximate surface area is 78.9 Å². The standard InChI is InChI=1S/C10H16N2O/c1-3-5-10(13,4-2)9-8-11-6-7-12-9/h6-8,13H,3-5H2,1-2H3. The third kappa shape index (κ3) is 2.25. The van der Waals surface area contributed by atoms with Crippen LogP contribution >= 0.6 is 0 Å². The topological polar surface area (TPSA) is 46.0 Å². The summed E-state index contributed by atoms with van der Waals surface area (Å²) in [5.74, 6) is 0. The second kappa shape index (κ2) is 4.33. The summed E-state index contributed by atoms with van der Waals surface area (Å²) >= 11 is 0. The Kier molecular flexibility index (Phi) is 3.37. The molecule has 0 aliphatic rings. The average molecular weight is 180 g/mol. The molecule has 72 valence electrons. The molecule has 0 aliphatic heterocycles. The van der Waals surface area contributed by atoms with E-state index < -0.39 is 5.60 Å². The molecule has 0 amide bonds. The summed E-state index contributed by atoms with van der Waals surface area (Å²) in [5, 5.41) is 10.2. The predicted molar refractivity (Wildman–Crippen MR) is 51.1 cm³/mol. The quantitative estimate of drug-likeness (QED) is 0.769. The zero-order chi connectivity index (χ0) is 9.73. The van der Waals surface area contributed by atoms with Crippen LogP contribution in [0.3, 0.4) is 0 Å². The van der Waals surface area contributed by atoms with E-state index in [0.717, 1.165) is 12.8 Å². The van der Waals surface area contributed by atoms with Crippen LogP contribution in [0.5, 0.6) is 0 Å². The number of hydrogen-bond donors (Lipinski definition) is 1. The van der Waals surface area contributed by atoms with Crippen molar-refractivity contribution < 1.29 is 5.11 Å². The summed E-state index contributed by atoms with van der Waals surface area (Å²) < 4.78 is 0. The lowest BCUT2D eigenvalue weighted by Gasteiger charge is -2.24. The van der Waals surface area contributed by atoms with E-state index >= 15 is 0 Å². The molecule has 1 atom stereocenters. The fourth-order valence-electron chi connectivity index (χ4n) is 1.44. The van der Waals surface area contributed by atoms with E-state index in [2.05, 4.69) is 16.9 Å². The highest BCUT2D eigenvalue weighted by Crippen LogP contribution is 2.27. The predicted octanol–water partition coefficient (Wildman–Crippen LogP) is 1.87. The van der Waals surface area contributed by atoms with Crippen molar-refractivity contribution in [2.24, 2.45) is 0 Å². The minimum atomic E-state index is -0.789. The first-order valence-corrected chi connectivity index (χ1v) is 4.72. The van der Waals surface area contributed by atoms with E-state index in [0.29, 0.717) is 12.1 Å². The molecule has 0 aromatic carbocycles. The normalized spacial score (nSPS) is 15.3. The van der Waals surface area contributed by atoms with Crippen LogP contribution in [0.25, 0.3) is 0 Å². The van der Waals surface area contributed by atoms with Gasteiger partial charge in [0.2, 0.25) is 0 Å². The second-order valence-corrected chi connectivity index (χ2v) is 3.23. The summed E-state index contributed by atoms with van der Waals surface area (Å²) in [7, 11) is 0. The molecule has 3 heteroatoms. The summed E-state index contributed by atoms with van der Waals surface area (Å²) in [6, 6.07) is 0. The van der Waals surface area contributed by atoms with Gasteiger partial charge in [-0.1, -0.05) is 20.3 Å². The van der Waals surface area contributed by atoms with E-state index in [1.807, 2.05) is 6.92 Å². The van der Waals surface area contributed by atoms with Crippen LogP contribution < -0.4 is 0 Å². The molecule has 1 rings (SSSR count). The number of aliphatic hydroxyl groups is 1. The van der Waals surface area contributed by atoms with Crippen molar-refractivity contribution >= 4 is 0 Å². The molecule has 1 unspecified atom stereocenters. The summed E-state index contributed by atoms with van der Waals surface area (Å²) in [5.41, 5.74) is -0.109. The zero-order valence-electron chi connectivity index (χ0n) is 8.20. The van der Waals surface area contributed by atoms with Gasteiger partial charge in [-0.3, -0.25) is 9.97 Å². The van der Waals surface area contributed by atoms with Gasteiger partial charge in [0.05, 0.1) is 11.9 Å². The first-order chi connectivity index (χ1) is 6.23. The maximum atomic E-state index is 10.2. The van der Waals surface area contributed by atoms with E-state index in [9.17, 15) is 5.11 Å². The molecule has 1 N–H and O–H groups in total. The summed E-state index contributed by atoms with van der Waals surface area (Å²) in [4.78, 5) is 8.09. The van der Waals surface area contributed by atoms with Crippen molar-refractivity contribution in [2.75, 3.05) is 0 Å². The molecule has 0 saturated carbocycles. The molecule has 0 spiro atoms. The highest BCUT2D eigenvalue weighted by molar-refractivity contribution is 5.07. The van der Waals surface area contributed by atoms with Crippen molar-refractivity contribution in [3.8, 4) is 0 Å². The van der Waals surface area contributed by atoms with Crippen LogP contribution in [0.1, 0.15) is 38.8 Å².